The van der Waals surface area contributed by atoms with E-state index >= 15 is 0 Å². The molecule has 0 radical (unpaired) electrons. The number of pyridine rings is 1. The zero-order valence-corrected chi connectivity index (χ0v) is 13.6. The maximum absolute atomic E-state index is 13.2. The van der Waals surface area contributed by atoms with Crippen LogP contribution >= 0.6 is 0 Å². The summed E-state index contributed by atoms with van der Waals surface area (Å²) >= 11 is 0. The first kappa shape index (κ1) is 16.6. The van der Waals surface area contributed by atoms with Gasteiger partial charge in [0.05, 0.1) is 23.3 Å². The lowest BCUT2D eigenvalue weighted by Crippen LogP contribution is -2.35. The molecule has 0 saturated carbocycles. The van der Waals surface area contributed by atoms with E-state index in [0.29, 0.717) is 27.7 Å². The number of aromatic nitrogens is 1. The van der Waals surface area contributed by atoms with Crippen LogP contribution in [-0.2, 0) is 4.79 Å². The summed E-state index contributed by atoms with van der Waals surface area (Å²) < 4.78 is 13.2. The summed E-state index contributed by atoms with van der Waals surface area (Å²) in [6.45, 7) is -0.179. The zero-order valence-electron chi connectivity index (χ0n) is 13.6. The topological polar surface area (TPSA) is 76.3 Å². The Morgan fingerprint density at radius 3 is 2.48 bits per heavy atom. The van der Waals surface area contributed by atoms with Gasteiger partial charge in [0.1, 0.15) is 5.82 Å². The average Bonchev–Trinajstić information content (AvgIpc) is 2.60. The van der Waals surface area contributed by atoms with Crippen LogP contribution < -0.4 is 5.73 Å². The van der Waals surface area contributed by atoms with Crippen LogP contribution in [0.15, 0.2) is 54.6 Å². The van der Waals surface area contributed by atoms with E-state index in [2.05, 4.69) is 4.98 Å². The van der Waals surface area contributed by atoms with E-state index in [4.69, 9.17) is 5.73 Å². The number of carbonyl (C=O) groups is 2. The molecule has 2 amide bonds. The lowest BCUT2D eigenvalue weighted by Gasteiger charge is -2.17. The van der Waals surface area contributed by atoms with Gasteiger partial charge in [-0.1, -0.05) is 18.2 Å². The van der Waals surface area contributed by atoms with Gasteiger partial charge in [0, 0.05) is 18.0 Å². The molecule has 0 bridgehead atoms. The van der Waals surface area contributed by atoms with Crippen LogP contribution in [0.5, 0.6) is 0 Å². The molecule has 2 N–H and O–H groups in total. The second-order valence-electron chi connectivity index (χ2n) is 5.71. The third-order valence-corrected chi connectivity index (χ3v) is 3.83. The number of primary amides is 1. The van der Waals surface area contributed by atoms with Gasteiger partial charge >= 0.3 is 0 Å². The fourth-order valence-corrected chi connectivity index (χ4v) is 2.63. The fraction of sp³-hybridized carbons (Fsp3) is 0.105. The highest BCUT2D eigenvalue weighted by molar-refractivity contribution is 6.07. The number of benzene rings is 2. The maximum Gasteiger partial charge on any atom is 0.254 e. The number of rotatable bonds is 4. The first-order valence-corrected chi connectivity index (χ1v) is 7.65. The van der Waals surface area contributed by atoms with Gasteiger partial charge in [0.15, 0.2) is 0 Å². The number of nitrogens with two attached hydrogens (primary N) is 1. The van der Waals surface area contributed by atoms with Crippen molar-refractivity contribution in [1.82, 2.24) is 9.88 Å². The minimum atomic E-state index is -0.590. The van der Waals surface area contributed by atoms with E-state index in [1.807, 2.05) is 12.1 Å². The van der Waals surface area contributed by atoms with Crippen molar-refractivity contribution in [1.29, 1.82) is 0 Å². The van der Waals surface area contributed by atoms with Crippen LogP contribution in [0.3, 0.4) is 0 Å². The largest absolute Gasteiger partial charge is 0.368 e. The van der Waals surface area contributed by atoms with E-state index in [9.17, 15) is 14.0 Å². The molecule has 1 heterocycles. The Labute approximate surface area is 143 Å². The van der Waals surface area contributed by atoms with Gasteiger partial charge in [-0.25, -0.2) is 9.37 Å². The molecule has 2 aromatic carbocycles. The molecule has 3 aromatic rings. The molecule has 0 spiro atoms. The van der Waals surface area contributed by atoms with E-state index in [-0.39, 0.29) is 18.3 Å². The summed E-state index contributed by atoms with van der Waals surface area (Å²) in [7, 11) is 1.51. The summed E-state index contributed by atoms with van der Waals surface area (Å²) in [4.78, 5) is 29.7. The molecule has 0 aliphatic heterocycles. The molecule has 1 aromatic heterocycles. The number of likely N-dealkylation sites (N-methyl/N-ethyl adjacent to an activating group) is 1. The summed E-state index contributed by atoms with van der Waals surface area (Å²) in [5.41, 5.74) is 7.47. The smallest absolute Gasteiger partial charge is 0.254 e. The molecule has 5 nitrogen and oxygen atoms in total. The molecule has 0 aliphatic rings. The van der Waals surface area contributed by atoms with E-state index in [1.54, 1.807) is 30.3 Å². The molecule has 6 heteroatoms. The third-order valence-electron chi connectivity index (χ3n) is 3.83. The summed E-state index contributed by atoms with van der Waals surface area (Å²) in [6.07, 6.45) is 0. The van der Waals surface area contributed by atoms with Crippen molar-refractivity contribution in [3.05, 3.63) is 66.0 Å². The predicted octanol–water partition coefficient (Wildman–Crippen LogP) is 2.60. The molecular weight excluding hydrogens is 321 g/mol. The number of fused-ring (bicyclic) bond motifs is 1. The Morgan fingerprint density at radius 1 is 1.12 bits per heavy atom. The van der Waals surface area contributed by atoms with Gasteiger partial charge in [0.25, 0.3) is 5.91 Å². The first-order chi connectivity index (χ1) is 12.0. The number of carbonyl (C=O) groups excluding carboxylic acids is 2. The Hall–Kier alpha value is -3.28. The van der Waals surface area contributed by atoms with E-state index < -0.39 is 5.91 Å². The summed E-state index contributed by atoms with van der Waals surface area (Å²) in [5.74, 6) is -1.27. The fourth-order valence-electron chi connectivity index (χ4n) is 2.63. The molecule has 126 valence electrons. The van der Waals surface area contributed by atoms with E-state index in [1.165, 1.54) is 24.1 Å². The molecular formula is C19H16FN3O2. The van der Waals surface area contributed by atoms with Gasteiger partial charge in [-0.05, 0) is 36.4 Å². The second kappa shape index (κ2) is 6.68. The zero-order chi connectivity index (χ0) is 18.0. The minimum Gasteiger partial charge on any atom is -0.368 e. The lowest BCUT2D eigenvalue weighted by molar-refractivity contribution is -0.118. The van der Waals surface area contributed by atoms with Crippen LogP contribution in [0, 0.1) is 5.82 Å². The Kier molecular flexibility index (Phi) is 4.43. The Balaban J connectivity index is 2.14. The predicted molar refractivity (Wildman–Crippen MR) is 93.3 cm³/mol. The van der Waals surface area contributed by atoms with Gasteiger partial charge in [-0.3, -0.25) is 9.59 Å². The van der Waals surface area contributed by atoms with Gasteiger partial charge in [-0.2, -0.15) is 0 Å². The van der Waals surface area contributed by atoms with Crippen LogP contribution in [0.4, 0.5) is 4.39 Å². The van der Waals surface area contributed by atoms with Gasteiger partial charge in [-0.15, -0.1) is 0 Å². The normalized spacial score (nSPS) is 10.6. The number of hydrogen-bond donors (Lipinski definition) is 1. The molecule has 0 aliphatic carbocycles. The molecule has 0 atom stereocenters. The molecule has 0 saturated heterocycles. The molecule has 0 unspecified atom stereocenters. The van der Waals surface area contributed by atoms with Crippen molar-refractivity contribution in [3.63, 3.8) is 0 Å². The number of halogens is 1. The van der Waals surface area contributed by atoms with Crippen LogP contribution in [0.25, 0.3) is 22.2 Å². The highest BCUT2D eigenvalue weighted by Crippen LogP contribution is 2.25. The highest BCUT2D eigenvalue weighted by atomic mass is 19.1. The minimum absolute atomic E-state index is 0.179. The summed E-state index contributed by atoms with van der Waals surface area (Å²) in [5, 5.41) is 0.676. The monoisotopic (exact) mass is 337 g/mol. The Morgan fingerprint density at radius 2 is 1.80 bits per heavy atom. The number of para-hydroxylation sites is 1. The highest BCUT2D eigenvalue weighted by Gasteiger charge is 2.18. The van der Waals surface area contributed by atoms with Crippen LogP contribution in [0.2, 0.25) is 0 Å². The first-order valence-electron chi connectivity index (χ1n) is 7.65. The average molecular weight is 337 g/mol. The molecule has 0 fully saturated rings. The Bertz CT molecular complexity index is 955. The van der Waals surface area contributed by atoms with Crippen molar-refractivity contribution in [2.24, 2.45) is 5.73 Å². The van der Waals surface area contributed by atoms with Crippen molar-refractivity contribution in [3.8, 4) is 11.3 Å². The maximum atomic E-state index is 13.2. The number of hydrogen-bond acceptors (Lipinski definition) is 3. The van der Waals surface area contributed by atoms with Gasteiger partial charge < -0.3 is 10.6 Å². The quantitative estimate of drug-likeness (QED) is 0.795. The summed E-state index contributed by atoms with van der Waals surface area (Å²) in [6, 6.07) is 14.8. The van der Waals surface area contributed by atoms with Crippen molar-refractivity contribution in [2.45, 2.75) is 0 Å². The van der Waals surface area contributed by atoms with Crippen molar-refractivity contribution >= 4 is 22.7 Å². The number of nitrogens with zero attached hydrogens (tertiary/aromatic N) is 2. The third kappa shape index (κ3) is 3.47. The standard InChI is InChI=1S/C19H16FN3O2/c1-23(11-18(21)24)19(25)15-10-17(12-6-8-13(20)9-7-12)22-16-5-3-2-4-14(15)16/h2-10H,11H2,1H3,(H2,21,24). The van der Waals surface area contributed by atoms with Gasteiger partial charge in [0.2, 0.25) is 5.91 Å². The lowest BCUT2D eigenvalue weighted by atomic mass is 10.0. The SMILES string of the molecule is CN(CC(N)=O)C(=O)c1cc(-c2ccc(F)cc2)nc2ccccc12. The van der Waals surface area contributed by atoms with Crippen molar-refractivity contribution in [2.75, 3.05) is 13.6 Å². The second-order valence-corrected chi connectivity index (χ2v) is 5.71. The van der Waals surface area contributed by atoms with Crippen molar-refractivity contribution < 1.29 is 14.0 Å². The van der Waals surface area contributed by atoms with E-state index in [0.717, 1.165) is 0 Å². The molecule has 25 heavy (non-hydrogen) atoms. The van der Waals surface area contributed by atoms with Crippen LogP contribution in [0.1, 0.15) is 10.4 Å². The molecule has 3 rings (SSSR count). The number of amides is 2. The van der Waals surface area contributed by atoms with Crippen LogP contribution in [-0.4, -0.2) is 35.3 Å².